The molecule has 0 bridgehead atoms. The Kier molecular flexibility index (Phi) is 4.12. The summed E-state index contributed by atoms with van der Waals surface area (Å²) in [6, 6.07) is 7.35. The lowest BCUT2D eigenvalue weighted by Gasteiger charge is -2.22. The van der Waals surface area contributed by atoms with E-state index < -0.39 is 0 Å². The van der Waals surface area contributed by atoms with Crippen molar-refractivity contribution in [2.75, 3.05) is 6.61 Å². The minimum atomic E-state index is -0.121. The summed E-state index contributed by atoms with van der Waals surface area (Å²) in [4.78, 5) is 13.4. The van der Waals surface area contributed by atoms with E-state index in [9.17, 15) is 4.79 Å². The molecule has 0 radical (unpaired) electrons. The lowest BCUT2D eigenvalue weighted by atomic mass is 10.2. The second-order valence-electron chi connectivity index (χ2n) is 5.99. The number of fused-ring (bicyclic) bond motifs is 1. The summed E-state index contributed by atoms with van der Waals surface area (Å²) in [5.41, 5.74) is 0.674. The fraction of sp³-hybridized carbons (Fsp3) is 0.353. The van der Waals surface area contributed by atoms with E-state index in [1.807, 2.05) is 29.1 Å². The Hall–Kier alpha value is -2.12. The van der Waals surface area contributed by atoms with Gasteiger partial charge >= 0.3 is 0 Å². The van der Waals surface area contributed by atoms with E-state index in [0.717, 1.165) is 41.8 Å². The van der Waals surface area contributed by atoms with Crippen molar-refractivity contribution in [1.82, 2.24) is 19.6 Å². The highest BCUT2D eigenvalue weighted by Gasteiger charge is 2.16. The van der Waals surface area contributed by atoms with Crippen LogP contribution in [0.4, 0.5) is 0 Å². The van der Waals surface area contributed by atoms with Gasteiger partial charge in [-0.15, -0.1) is 12.6 Å². The molecular weight excluding hydrogens is 324 g/mol. The normalized spacial score (nSPS) is 18.1. The van der Waals surface area contributed by atoms with Crippen LogP contribution in [0.2, 0.25) is 0 Å². The van der Waals surface area contributed by atoms with Gasteiger partial charge < -0.3 is 4.74 Å². The topological polar surface area (TPSA) is 61.9 Å². The minimum absolute atomic E-state index is 0.00240. The summed E-state index contributed by atoms with van der Waals surface area (Å²) in [6.07, 6.45) is 6.83. The fourth-order valence-electron chi connectivity index (χ4n) is 3.00. The Morgan fingerprint density at radius 2 is 2.21 bits per heavy atom. The van der Waals surface area contributed by atoms with E-state index in [1.165, 1.54) is 4.68 Å². The quantitative estimate of drug-likeness (QED) is 0.743. The molecule has 1 aliphatic rings. The van der Waals surface area contributed by atoms with Crippen molar-refractivity contribution < 1.29 is 4.74 Å². The van der Waals surface area contributed by atoms with E-state index in [0.29, 0.717) is 11.9 Å². The van der Waals surface area contributed by atoms with Crippen LogP contribution in [0, 0.1) is 0 Å². The number of benzene rings is 1. The standard InChI is InChI=1S/C17H18N4O2S/c22-17-15-5-4-14(24)9-12(15)10-18-21(17)11-13-6-7-20(19-13)16-3-1-2-8-23-16/h4-7,9-10,16,24H,1-3,8,11H2. The zero-order valence-corrected chi connectivity index (χ0v) is 14.0. The number of hydrogen-bond donors (Lipinski definition) is 1. The van der Waals surface area contributed by atoms with Gasteiger partial charge in [-0.25, -0.2) is 9.36 Å². The second kappa shape index (κ2) is 6.41. The van der Waals surface area contributed by atoms with Gasteiger partial charge in [-0.3, -0.25) is 4.79 Å². The first-order valence-electron chi connectivity index (χ1n) is 8.05. The van der Waals surface area contributed by atoms with Gasteiger partial charge in [-0.2, -0.15) is 10.2 Å². The Morgan fingerprint density at radius 3 is 3.04 bits per heavy atom. The summed E-state index contributed by atoms with van der Waals surface area (Å²) >= 11 is 4.29. The second-order valence-corrected chi connectivity index (χ2v) is 6.50. The van der Waals surface area contributed by atoms with Crippen LogP contribution < -0.4 is 5.56 Å². The number of rotatable bonds is 3. The first-order valence-corrected chi connectivity index (χ1v) is 8.50. The molecule has 0 N–H and O–H groups in total. The minimum Gasteiger partial charge on any atom is -0.357 e. The van der Waals surface area contributed by atoms with Crippen LogP contribution >= 0.6 is 12.6 Å². The van der Waals surface area contributed by atoms with Crippen LogP contribution in [0.3, 0.4) is 0 Å². The molecule has 3 heterocycles. The maximum Gasteiger partial charge on any atom is 0.274 e. The number of thiol groups is 1. The van der Waals surface area contributed by atoms with Gasteiger partial charge in [0, 0.05) is 23.1 Å². The number of aromatic nitrogens is 4. The predicted octanol–water partition coefficient (Wildman–Crippen LogP) is 2.63. The molecule has 0 spiro atoms. The van der Waals surface area contributed by atoms with Crippen LogP contribution in [0.25, 0.3) is 10.8 Å². The Morgan fingerprint density at radius 1 is 1.29 bits per heavy atom. The third-order valence-corrected chi connectivity index (χ3v) is 4.54. The Balaban J connectivity index is 1.60. The Labute approximate surface area is 144 Å². The molecule has 0 saturated carbocycles. The molecule has 7 heteroatoms. The first-order chi connectivity index (χ1) is 11.7. The van der Waals surface area contributed by atoms with Gasteiger partial charge in [0.25, 0.3) is 5.56 Å². The van der Waals surface area contributed by atoms with Gasteiger partial charge in [0.1, 0.15) is 6.23 Å². The van der Waals surface area contributed by atoms with E-state index in [2.05, 4.69) is 22.8 Å². The molecule has 6 nitrogen and oxygen atoms in total. The summed E-state index contributed by atoms with van der Waals surface area (Å²) in [5.74, 6) is 0. The molecule has 0 amide bonds. The predicted molar refractivity (Wildman–Crippen MR) is 93.4 cm³/mol. The van der Waals surface area contributed by atoms with E-state index >= 15 is 0 Å². The van der Waals surface area contributed by atoms with E-state index in [1.54, 1.807) is 12.3 Å². The van der Waals surface area contributed by atoms with Crippen LogP contribution in [-0.2, 0) is 11.3 Å². The average molecular weight is 342 g/mol. The van der Waals surface area contributed by atoms with E-state index in [-0.39, 0.29) is 11.8 Å². The average Bonchev–Trinajstić information content (AvgIpc) is 3.07. The SMILES string of the molecule is O=c1c2ccc(S)cc2cnn1Cc1ccn(C2CCCCO2)n1. The highest BCUT2D eigenvalue weighted by molar-refractivity contribution is 7.80. The molecule has 0 aliphatic carbocycles. The lowest BCUT2D eigenvalue weighted by molar-refractivity contribution is -0.0397. The molecule has 1 unspecified atom stereocenters. The van der Waals surface area contributed by atoms with Gasteiger partial charge in [0.05, 0.1) is 23.8 Å². The zero-order valence-electron chi connectivity index (χ0n) is 13.1. The van der Waals surface area contributed by atoms with Crippen molar-refractivity contribution in [2.24, 2.45) is 0 Å². The first kappa shape index (κ1) is 15.4. The summed E-state index contributed by atoms with van der Waals surface area (Å²) in [6.45, 7) is 1.12. The summed E-state index contributed by atoms with van der Waals surface area (Å²) < 4.78 is 9.01. The van der Waals surface area contributed by atoms with Crippen molar-refractivity contribution in [3.8, 4) is 0 Å². The molecule has 3 aromatic rings. The maximum absolute atomic E-state index is 12.6. The van der Waals surface area contributed by atoms with E-state index in [4.69, 9.17) is 4.74 Å². The highest BCUT2D eigenvalue weighted by atomic mass is 32.1. The van der Waals surface area contributed by atoms with Crippen molar-refractivity contribution in [1.29, 1.82) is 0 Å². The lowest BCUT2D eigenvalue weighted by Crippen LogP contribution is -2.24. The number of ether oxygens (including phenoxy) is 1. The monoisotopic (exact) mass is 342 g/mol. The third-order valence-electron chi connectivity index (χ3n) is 4.26. The number of nitrogens with zero attached hydrogens (tertiary/aromatic N) is 4. The highest BCUT2D eigenvalue weighted by Crippen LogP contribution is 2.21. The molecule has 2 aromatic heterocycles. The molecule has 1 aromatic carbocycles. The van der Waals surface area contributed by atoms with Crippen molar-refractivity contribution in [3.63, 3.8) is 0 Å². The fourth-order valence-corrected chi connectivity index (χ4v) is 3.21. The van der Waals surface area contributed by atoms with Crippen LogP contribution in [0.5, 0.6) is 0 Å². The van der Waals surface area contributed by atoms with Crippen LogP contribution in [-0.4, -0.2) is 26.2 Å². The molecule has 1 saturated heterocycles. The third kappa shape index (κ3) is 2.97. The zero-order chi connectivity index (χ0) is 16.5. The molecule has 1 aliphatic heterocycles. The number of hydrogen-bond acceptors (Lipinski definition) is 5. The van der Waals surface area contributed by atoms with Gasteiger partial charge in [0.2, 0.25) is 0 Å². The van der Waals surface area contributed by atoms with Crippen molar-refractivity contribution in [2.45, 2.75) is 36.9 Å². The van der Waals surface area contributed by atoms with Gasteiger partial charge in [0.15, 0.2) is 0 Å². The molecule has 1 fully saturated rings. The largest absolute Gasteiger partial charge is 0.357 e. The van der Waals surface area contributed by atoms with Gasteiger partial charge in [-0.1, -0.05) is 0 Å². The van der Waals surface area contributed by atoms with Gasteiger partial charge in [-0.05, 0) is 43.5 Å². The summed E-state index contributed by atoms with van der Waals surface area (Å²) in [7, 11) is 0. The van der Waals surface area contributed by atoms with Crippen molar-refractivity contribution in [3.05, 3.63) is 52.7 Å². The maximum atomic E-state index is 12.6. The molecule has 4 rings (SSSR count). The van der Waals surface area contributed by atoms with Crippen LogP contribution in [0.15, 0.2) is 46.3 Å². The smallest absolute Gasteiger partial charge is 0.274 e. The molecule has 1 atom stereocenters. The molecular formula is C17H18N4O2S. The molecule has 124 valence electrons. The molecule has 24 heavy (non-hydrogen) atoms. The summed E-state index contributed by atoms with van der Waals surface area (Å²) in [5, 5.41) is 10.2. The van der Waals surface area contributed by atoms with Crippen LogP contribution in [0.1, 0.15) is 31.2 Å². The Bertz CT molecular complexity index is 928. The van der Waals surface area contributed by atoms with Crippen molar-refractivity contribution >= 4 is 23.4 Å².